The number of rotatable bonds is 5. The molecule has 0 saturated heterocycles. The molecule has 0 aliphatic heterocycles. The van der Waals surface area contributed by atoms with Crippen LogP contribution in [-0.4, -0.2) is 14.9 Å². The SMILES string of the molecule is C[C@@]1(CC(O)c2ccccc2)Cc2cnn(-c3ccc(F)cc3)c2C=C1C1CC1. The minimum absolute atomic E-state index is 0.0971. The summed E-state index contributed by atoms with van der Waals surface area (Å²) < 4.78 is 15.2. The number of aromatic nitrogens is 2. The van der Waals surface area contributed by atoms with Gasteiger partial charge in [0.25, 0.3) is 0 Å². The highest BCUT2D eigenvalue weighted by Gasteiger charge is 2.43. The quantitative estimate of drug-likeness (QED) is 0.627. The van der Waals surface area contributed by atoms with Crippen LogP contribution < -0.4 is 0 Å². The molecule has 0 radical (unpaired) electrons. The maximum absolute atomic E-state index is 13.3. The van der Waals surface area contributed by atoms with E-state index >= 15 is 0 Å². The van der Waals surface area contributed by atoms with E-state index in [9.17, 15) is 9.50 Å². The van der Waals surface area contributed by atoms with E-state index in [-0.39, 0.29) is 11.2 Å². The fourth-order valence-corrected chi connectivity index (χ4v) is 4.73. The van der Waals surface area contributed by atoms with Gasteiger partial charge in [-0.15, -0.1) is 0 Å². The molecule has 3 nitrogen and oxygen atoms in total. The highest BCUT2D eigenvalue weighted by molar-refractivity contribution is 5.62. The van der Waals surface area contributed by atoms with Crippen LogP contribution in [0.1, 0.15) is 49.1 Å². The Balaban J connectivity index is 1.50. The first-order valence-electron chi connectivity index (χ1n) is 10.3. The number of aliphatic hydroxyl groups excluding tert-OH is 1. The van der Waals surface area contributed by atoms with Crippen molar-refractivity contribution >= 4 is 6.08 Å². The fourth-order valence-electron chi connectivity index (χ4n) is 4.73. The summed E-state index contributed by atoms with van der Waals surface area (Å²) in [5.41, 5.74) is 5.43. The smallest absolute Gasteiger partial charge is 0.123 e. The van der Waals surface area contributed by atoms with Crippen LogP contribution in [0.25, 0.3) is 11.8 Å². The lowest BCUT2D eigenvalue weighted by atomic mass is 9.68. The molecule has 2 atom stereocenters. The van der Waals surface area contributed by atoms with E-state index in [4.69, 9.17) is 0 Å². The molecule has 3 aromatic rings. The van der Waals surface area contributed by atoms with Crippen LogP contribution in [0, 0.1) is 17.2 Å². The van der Waals surface area contributed by atoms with Gasteiger partial charge in [-0.3, -0.25) is 0 Å². The summed E-state index contributed by atoms with van der Waals surface area (Å²) >= 11 is 0. The molecule has 2 aromatic carbocycles. The van der Waals surface area contributed by atoms with E-state index in [0.717, 1.165) is 23.4 Å². The predicted octanol–water partition coefficient (Wildman–Crippen LogP) is 5.49. The van der Waals surface area contributed by atoms with Gasteiger partial charge in [0.15, 0.2) is 0 Å². The summed E-state index contributed by atoms with van der Waals surface area (Å²) in [6.07, 6.45) is 7.69. The Bertz CT molecular complexity index is 1050. The Labute approximate surface area is 170 Å². The number of hydrogen-bond acceptors (Lipinski definition) is 2. The third-order valence-electron chi connectivity index (χ3n) is 6.37. The van der Waals surface area contributed by atoms with Crippen LogP contribution in [0.3, 0.4) is 0 Å². The lowest BCUT2D eigenvalue weighted by Gasteiger charge is -2.37. The maximum Gasteiger partial charge on any atom is 0.123 e. The molecule has 4 heteroatoms. The van der Waals surface area contributed by atoms with Crippen molar-refractivity contribution in [2.75, 3.05) is 0 Å². The second kappa shape index (κ2) is 6.96. The Morgan fingerprint density at radius 3 is 2.55 bits per heavy atom. The van der Waals surface area contributed by atoms with Gasteiger partial charge in [-0.05, 0) is 78.5 Å². The summed E-state index contributed by atoms with van der Waals surface area (Å²) in [6, 6.07) is 16.4. The number of benzene rings is 2. The van der Waals surface area contributed by atoms with Crippen molar-refractivity contribution in [1.82, 2.24) is 9.78 Å². The zero-order chi connectivity index (χ0) is 20.0. The Morgan fingerprint density at radius 1 is 1.14 bits per heavy atom. The summed E-state index contributed by atoms with van der Waals surface area (Å²) in [5, 5.41) is 15.5. The van der Waals surface area contributed by atoms with Crippen LogP contribution in [-0.2, 0) is 6.42 Å². The molecule has 1 saturated carbocycles. The summed E-state index contributed by atoms with van der Waals surface area (Å²) in [6.45, 7) is 2.28. The standard InChI is InChI=1S/C25H25FN2O/c1-25(15-24(29)18-5-3-2-4-6-18)14-19-16-27-28(21-11-9-20(26)10-12-21)23(19)13-22(25)17-7-8-17/h2-6,9-13,16-17,24,29H,7-8,14-15H2,1H3/t24?,25-/m0/s1. The minimum atomic E-state index is -0.489. The largest absolute Gasteiger partial charge is 0.388 e. The molecule has 148 valence electrons. The van der Waals surface area contributed by atoms with Gasteiger partial charge in [0.2, 0.25) is 0 Å². The van der Waals surface area contributed by atoms with Gasteiger partial charge in [0.05, 0.1) is 23.7 Å². The third kappa shape index (κ3) is 3.42. The third-order valence-corrected chi connectivity index (χ3v) is 6.37. The van der Waals surface area contributed by atoms with Crippen molar-refractivity contribution in [2.24, 2.45) is 11.3 Å². The maximum atomic E-state index is 13.3. The number of fused-ring (bicyclic) bond motifs is 1. The monoisotopic (exact) mass is 388 g/mol. The van der Waals surface area contributed by atoms with Crippen LogP contribution in [0.15, 0.2) is 66.4 Å². The lowest BCUT2D eigenvalue weighted by molar-refractivity contribution is 0.119. The van der Waals surface area contributed by atoms with Crippen LogP contribution in [0.2, 0.25) is 0 Å². The molecule has 29 heavy (non-hydrogen) atoms. The molecule has 1 heterocycles. The number of aliphatic hydroxyl groups is 1. The normalized spacial score (nSPS) is 22.1. The molecule has 2 aliphatic carbocycles. The Hall–Kier alpha value is -2.72. The second-order valence-corrected chi connectivity index (χ2v) is 8.69. The molecule has 0 bridgehead atoms. The number of halogens is 1. The highest BCUT2D eigenvalue weighted by atomic mass is 19.1. The molecule has 5 rings (SSSR count). The van der Waals surface area contributed by atoms with Crippen molar-refractivity contribution in [3.8, 4) is 5.69 Å². The Morgan fingerprint density at radius 2 is 1.86 bits per heavy atom. The number of allylic oxidation sites excluding steroid dienone is 1. The minimum Gasteiger partial charge on any atom is -0.388 e. The van der Waals surface area contributed by atoms with Gasteiger partial charge in [-0.25, -0.2) is 9.07 Å². The van der Waals surface area contributed by atoms with E-state index in [2.05, 4.69) is 18.1 Å². The zero-order valence-corrected chi connectivity index (χ0v) is 16.6. The van der Waals surface area contributed by atoms with Gasteiger partial charge in [0.1, 0.15) is 5.82 Å². The van der Waals surface area contributed by atoms with Crippen LogP contribution in [0.4, 0.5) is 4.39 Å². The predicted molar refractivity (Wildman–Crippen MR) is 112 cm³/mol. The van der Waals surface area contributed by atoms with E-state index in [0.29, 0.717) is 12.3 Å². The number of hydrogen-bond donors (Lipinski definition) is 1. The van der Waals surface area contributed by atoms with Crippen LogP contribution >= 0.6 is 0 Å². The summed E-state index contributed by atoms with van der Waals surface area (Å²) in [7, 11) is 0. The first kappa shape index (κ1) is 18.3. The second-order valence-electron chi connectivity index (χ2n) is 8.69. The molecule has 2 aliphatic rings. The van der Waals surface area contributed by atoms with E-state index in [1.807, 2.05) is 41.2 Å². The van der Waals surface area contributed by atoms with Gasteiger partial charge in [-0.2, -0.15) is 5.10 Å². The van der Waals surface area contributed by atoms with Gasteiger partial charge < -0.3 is 5.11 Å². The van der Waals surface area contributed by atoms with Crippen molar-refractivity contribution in [3.05, 3.63) is 89.0 Å². The van der Waals surface area contributed by atoms with Crippen LogP contribution in [0.5, 0.6) is 0 Å². The molecule has 1 fully saturated rings. The van der Waals surface area contributed by atoms with E-state index in [1.54, 1.807) is 12.1 Å². The van der Waals surface area contributed by atoms with Crippen molar-refractivity contribution in [3.63, 3.8) is 0 Å². The average Bonchev–Trinajstić information content (AvgIpc) is 3.49. The first-order chi connectivity index (χ1) is 14.0. The Kier molecular flexibility index (Phi) is 4.39. The molecule has 1 N–H and O–H groups in total. The van der Waals surface area contributed by atoms with E-state index in [1.165, 1.54) is 36.1 Å². The molecular weight excluding hydrogens is 363 g/mol. The molecule has 0 spiro atoms. The molecule has 1 aromatic heterocycles. The topological polar surface area (TPSA) is 38.1 Å². The summed E-state index contributed by atoms with van der Waals surface area (Å²) in [5.74, 6) is 0.346. The van der Waals surface area contributed by atoms with Gasteiger partial charge in [0, 0.05) is 0 Å². The average molecular weight is 388 g/mol. The lowest BCUT2D eigenvalue weighted by Crippen LogP contribution is -2.29. The number of nitrogens with zero attached hydrogens (tertiary/aromatic N) is 2. The van der Waals surface area contributed by atoms with E-state index < -0.39 is 6.10 Å². The highest BCUT2D eigenvalue weighted by Crippen LogP contribution is 2.53. The molecular formula is C25H25FN2O. The zero-order valence-electron chi connectivity index (χ0n) is 16.6. The molecule has 0 amide bonds. The van der Waals surface area contributed by atoms with Crippen molar-refractivity contribution in [2.45, 2.75) is 38.7 Å². The van der Waals surface area contributed by atoms with Crippen molar-refractivity contribution < 1.29 is 9.50 Å². The van der Waals surface area contributed by atoms with Gasteiger partial charge in [-0.1, -0.05) is 42.8 Å². The molecule has 1 unspecified atom stereocenters. The first-order valence-corrected chi connectivity index (χ1v) is 10.3. The van der Waals surface area contributed by atoms with Crippen molar-refractivity contribution in [1.29, 1.82) is 0 Å². The summed E-state index contributed by atoms with van der Waals surface area (Å²) in [4.78, 5) is 0. The fraction of sp³-hybridized carbons (Fsp3) is 0.320. The van der Waals surface area contributed by atoms with Gasteiger partial charge >= 0.3 is 0 Å².